The molecule has 2 aliphatic rings. The predicted molar refractivity (Wildman–Crippen MR) is 69.3 cm³/mol. The first kappa shape index (κ1) is 13.8. The van der Waals surface area contributed by atoms with Crippen molar-refractivity contribution in [2.45, 2.75) is 51.0 Å². The highest BCUT2D eigenvalue weighted by molar-refractivity contribution is 7.89. The average molecular weight is 274 g/mol. The summed E-state index contributed by atoms with van der Waals surface area (Å²) >= 11 is 0. The molecule has 2 fully saturated rings. The van der Waals surface area contributed by atoms with Gasteiger partial charge in [-0.2, -0.15) is 4.31 Å². The van der Waals surface area contributed by atoms with Crippen molar-refractivity contribution < 1.29 is 13.2 Å². The van der Waals surface area contributed by atoms with Gasteiger partial charge in [-0.05, 0) is 31.6 Å². The molecule has 1 saturated heterocycles. The van der Waals surface area contributed by atoms with E-state index >= 15 is 0 Å². The number of carbonyl (C=O) groups is 1. The van der Waals surface area contributed by atoms with Gasteiger partial charge in [0.2, 0.25) is 15.9 Å². The van der Waals surface area contributed by atoms with Crippen LogP contribution < -0.4 is 5.73 Å². The zero-order valence-electron chi connectivity index (χ0n) is 10.7. The Morgan fingerprint density at radius 1 is 1.11 bits per heavy atom. The highest BCUT2D eigenvalue weighted by Gasteiger charge is 2.38. The molecule has 18 heavy (non-hydrogen) atoms. The van der Waals surface area contributed by atoms with Gasteiger partial charge >= 0.3 is 0 Å². The number of amides is 1. The van der Waals surface area contributed by atoms with E-state index in [9.17, 15) is 13.2 Å². The monoisotopic (exact) mass is 274 g/mol. The highest BCUT2D eigenvalue weighted by atomic mass is 32.2. The van der Waals surface area contributed by atoms with Gasteiger partial charge in [-0.25, -0.2) is 8.42 Å². The van der Waals surface area contributed by atoms with E-state index in [1.165, 1.54) is 10.7 Å². The van der Waals surface area contributed by atoms with Crippen LogP contribution in [0.25, 0.3) is 0 Å². The summed E-state index contributed by atoms with van der Waals surface area (Å²) in [7, 11) is -3.32. The van der Waals surface area contributed by atoms with E-state index in [1.807, 2.05) is 0 Å². The number of carbonyl (C=O) groups excluding carboxylic acids is 1. The second-order valence-electron chi connectivity index (χ2n) is 5.45. The third-order valence-corrected chi connectivity index (χ3v) is 6.10. The average Bonchev–Trinajstić information content (AvgIpc) is 2.79. The Hall–Kier alpha value is -0.620. The maximum absolute atomic E-state index is 12.3. The smallest absolute Gasteiger partial charge is 0.235 e. The van der Waals surface area contributed by atoms with E-state index in [-0.39, 0.29) is 11.7 Å². The van der Waals surface area contributed by atoms with E-state index in [1.54, 1.807) is 0 Å². The van der Waals surface area contributed by atoms with Crippen molar-refractivity contribution in [3.05, 3.63) is 0 Å². The minimum absolute atomic E-state index is 0.191. The number of sulfonamides is 1. The maximum atomic E-state index is 12.3. The molecule has 1 unspecified atom stereocenters. The predicted octanol–water partition coefficient (Wildman–Crippen LogP) is 0.846. The standard InChI is InChI=1S/C12H22N2O3S/c13-12(15)11-7-4-8-14(11)18(16,17)9-10-5-2-1-3-6-10/h10-11H,1-9H2,(H2,13,15). The molecule has 0 aromatic carbocycles. The van der Waals surface area contributed by atoms with Crippen molar-refractivity contribution in [3.8, 4) is 0 Å². The van der Waals surface area contributed by atoms with Crippen LogP contribution in [-0.4, -0.2) is 37.0 Å². The topological polar surface area (TPSA) is 80.5 Å². The minimum atomic E-state index is -3.32. The minimum Gasteiger partial charge on any atom is -0.368 e. The highest BCUT2D eigenvalue weighted by Crippen LogP contribution is 2.28. The molecule has 0 aromatic rings. The third kappa shape index (κ3) is 3.03. The number of primary amides is 1. The fraction of sp³-hybridized carbons (Fsp3) is 0.917. The number of nitrogens with zero attached hydrogens (tertiary/aromatic N) is 1. The quantitative estimate of drug-likeness (QED) is 0.825. The Morgan fingerprint density at radius 2 is 1.78 bits per heavy atom. The summed E-state index contributed by atoms with van der Waals surface area (Å²) in [6.45, 7) is 0.447. The molecule has 2 rings (SSSR count). The normalized spacial score (nSPS) is 27.4. The molecular formula is C12H22N2O3S. The second-order valence-corrected chi connectivity index (χ2v) is 7.42. The third-order valence-electron chi connectivity index (χ3n) is 4.06. The molecule has 0 radical (unpaired) electrons. The Labute approximate surface area is 109 Å². The van der Waals surface area contributed by atoms with Gasteiger partial charge in [0.05, 0.1) is 5.75 Å². The van der Waals surface area contributed by atoms with Gasteiger partial charge in [0.1, 0.15) is 6.04 Å². The van der Waals surface area contributed by atoms with Crippen molar-refractivity contribution >= 4 is 15.9 Å². The number of hydrogen-bond acceptors (Lipinski definition) is 3. The van der Waals surface area contributed by atoms with E-state index in [0.717, 1.165) is 32.1 Å². The number of hydrogen-bond donors (Lipinski definition) is 1. The molecule has 1 atom stereocenters. The molecule has 104 valence electrons. The Bertz CT molecular complexity index is 402. The summed E-state index contributed by atoms with van der Waals surface area (Å²) in [5, 5.41) is 0. The molecule has 6 heteroatoms. The van der Waals surface area contributed by atoms with Gasteiger partial charge in [0.25, 0.3) is 0 Å². The Morgan fingerprint density at radius 3 is 2.39 bits per heavy atom. The van der Waals surface area contributed by atoms with Crippen molar-refractivity contribution in [3.63, 3.8) is 0 Å². The SMILES string of the molecule is NC(=O)C1CCCN1S(=O)(=O)CC1CCCCC1. The summed E-state index contributed by atoms with van der Waals surface area (Å²) < 4.78 is 26.0. The van der Waals surface area contributed by atoms with E-state index < -0.39 is 22.0 Å². The van der Waals surface area contributed by atoms with Crippen LogP contribution in [0.2, 0.25) is 0 Å². The summed E-state index contributed by atoms with van der Waals surface area (Å²) in [6, 6.07) is -0.612. The lowest BCUT2D eigenvalue weighted by atomic mass is 9.91. The largest absolute Gasteiger partial charge is 0.368 e. The van der Waals surface area contributed by atoms with Crippen LogP contribution in [0.1, 0.15) is 44.9 Å². The van der Waals surface area contributed by atoms with E-state index in [4.69, 9.17) is 5.73 Å². The van der Waals surface area contributed by atoms with Crippen molar-refractivity contribution in [1.29, 1.82) is 0 Å². The van der Waals surface area contributed by atoms with E-state index in [2.05, 4.69) is 0 Å². The molecule has 0 aromatic heterocycles. The van der Waals surface area contributed by atoms with Crippen molar-refractivity contribution in [2.24, 2.45) is 11.7 Å². The van der Waals surface area contributed by atoms with Crippen LogP contribution in [0.5, 0.6) is 0 Å². The van der Waals surface area contributed by atoms with Crippen LogP contribution in [0.3, 0.4) is 0 Å². The summed E-state index contributed by atoms with van der Waals surface area (Å²) in [4.78, 5) is 11.3. The van der Waals surface area contributed by atoms with Crippen molar-refractivity contribution in [2.75, 3.05) is 12.3 Å². The molecule has 2 N–H and O–H groups in total. The fourth-order valence-electron chi connectivity index (χ4n) is 3.10. The molecule has 1 aliphatic carbocycles. The summed E-state index contributed by atoms with van der Waals surface area (Å²) in [5.74, 6) is -0.0610. The number of nitrogens with two attached hydrogens (primary N) is 1. The Kier molecular flexibility index (Phi) is 4.27. The second kappa shape index (κ2) is 5.57. The van der Waals surface area contributed by atoms with Crippen LogP contribution in [0.15, 0.2) is 0 Å². The van der Waals surface area contributed by atoms with Crippen LogP contribution in [0, 0.1) is 5.92 Å². The first-order valence-electron chi connectivity index (χ1n) is 6.79. The van der Waals surface area contributed by atoms with Gasteiger partial charge in [0.15, 0.2) is 0 Å². The van der Waals surface area contributed by atoms with Gasteiger partial charge in [-0.1, -0.05) is 19.3 Å². The van der Waals surface area contributed by atoms with Crippen LogP contribution >= 0.6 is 0 Å². The maximum Gasteiger partial charge on any atom is 0.235 e. The fourth-order valence-corrected chi connectivity index (χ4v) is 5.23. The zero-order chi connectivity index (χ0) is 13.2. The molecule has 5 nitrogen and oxygen atoms in total. The first-order valence-corrected chi connectivity index (χ1v) is 8.40. The van der Waals surface area contributed by atoms with Gasteiger partial charge in [0, 0.05) is 6.54 Å². The molecule has 0 bridgehead atoms. The molecule has 1 saturated carbocycles. The Balaban J connectivity index is 2.03. The molecular weight excluding hydrogens is 252 g/mol. The lowest BCUT2D eigenvalue weighted by Crippen LogP contribution is -2.45. The van der Waals surface area contributed by atoms with Gasteiger partial charge in [-0.15, -0.1) is 0 Å². The first-order chi connectivity index (χ1) is 8.50. The van der Waals surface area contributed by atoms with Gasteiger partial charge < -0.3 is 5.73 Å². The van der Waals surface area contributed by atoms with Gasteiger partial charge in [-0.3, -0.25) is 4.79 Å². The summed E-state index contributed by atoms with van der Waals surface area (Å²) in [6.07, 6.45) is 6.75. The zero-order valence-corrected chi connectivity index (χ0v) is 11.5. The molecule has 1 amide bonds. The van der Waals surface area contributed by atoms with Crippen molar-refractivity contribution in [1.82, 2.24) is 4.31 Å². The van der Waals surface area contributed by atoms with Crippen LogP contribution in [-0.2, 0) is 14.8 Å². The van der Waals surface area contributed by atoms with Crippen LogP contribution in [0.4, 0.5) is 0 Å². The molecule has 1 heterocycles. The molecule has 1 aliphatic heterocycles. The lowest BCUT2D eigenvalue weighted by Gasteiger charge is -2.26. The summed E-state index contributed by atoms with van der Waals surface area (Å²) in [5.41, 5.74) is 5.27. The van der Waals surface area contributed by atoms with E-state index in [0.29, 0.717) is 13.0 Å². The molecule has 0 spiro atoms. The number of rotatable bonds is 4. The lowest BCUT2D eigenvalue weighted by molar-refractivity contribution is -0.121.